The van der Waals surface area contributed by atoms with E-state index in [0.29, 0.717) is 0 Å². The van der Waals surface area contributed by atoms with Crippen LogP contribution in [0.15, 0.2) is 18.3 Å². The number of carbonyl (C=O) groups is 1. The Morgan fingerprint density at radius 1 is 1.56 bits per heavy atom. The monoisotopic (exact) mass is 232 g/mol. The van der Waals surface area contributed by atoms with E-state index in [0.717, 1.165) is 6.07 Å². The van der Waals surface area contributed by atoms with Crippen LogP contribution in [0.5, 0.6) is 0 Å². The second kappa shape index (κ2) is 4.84. The summed E-state index contributed by atoms with van der Waals surface area (Å²) >= 11 is 0. The zero-order valence-corrected chi connectivity index (χ0v) is 8.15. The number of pyridine rings is 1. The average molecular weight is 232 g/mol. The molecule has 5 nitrogen and oxygen atoms in total. The second-order valence-electron chi connectivity index (χ2n) is 3.10. The van der Waals surface area contributed by atoms with Crippen molar-refractivity contribution >= 4 is 11.7 Å². The highest BCUT2D eigenvalue weighted by molar-refractivity contribution is 5.86. The largest absolute Gasteiger partial charge is 0.477 e. The van der Waals surface area contributed by atoms with E-state index in [4.69, 9.17) is 10.2 Å². The van der Waals surface area contributed by atoms with Crippen molar-refractivity contribution in [3.63, 3.8) is 0 Å². The third-order valence-electron chi connectivity index (χ3n) is 1.76. The predicted molar refractivity (Wildman–Crippen MR) is 51.7 cm³/mol. The van der Waals surface area contributed by atoms with Crippen LogP contribution in [0.4, 0.5) is 14.5 Å². The van der Waals surface area contributed by atoms with Crippen LogP contribution in [0.1, 0.15) is 10.5 Å². The van der Waals surface area contributed by atoms with Crippen LogP contribution in [0.25, 0.3) is 0 Å². The molecule has 1 heterocycles. The molecule has 1 aromatic rings. The molecule has 0 aliphatic carbocycles. The normalized spacial score (nSPS) is 11.2. The highest BCUT2D eigenvalue weighted by Gasteiger charge is 2.27. The Balaban J connectivity index is 2.68. The van der Waals surface area contributed by atoms with Gasteiger partial charge in [-0.05, 0) is 12.1 Å². The molecule has 0 fully saturated rings. The van der Waals surface area contributed by atoms with Gasteiger partial charge in [0.05, 0.1) is 6.54 Å². The van der Waals surface area contributed by atoms with Gasteiger partial charge in [-0.1, -0.05) is 0 Å². The predicted octanol–water partition coefficient (Wildman–Crippen LogP) is 0.819. The molecule has 0 bridgehead atoms. The number of alkyl halides is 2. The highest BCUT2D eigenvalue weighted by Crippen LogP contribution is 2.14. The van der Waals surface area contributed by atoms with Crippen molar-refractivity contribution in [2.75, 3.05) is 18.5 Å². The van der Waals surface area contributed by atoms with E-state index < -0.39 is 25.0 Å². The van der Waals surface area contributed by atoms with E-state index in [1.807, 2.05) is 0 Å². The Morgan fingerprint density at radius 3 is 2.81 bits per heavy atom. The summed E-state index contributed by atoms with van der Waals surface area (Å²) in [6.45, 7) is -2.04. The van der Waals surface area contributed by atoms with Gasteiger partial charge in [0.25, 0.3) is 5.92 Å². The molecule has 3 N–H and O–H groups in total. The summed E-state index contributed by atoms with van der Waals surface area (Å²) in [5, 5.41) is 19.2. The molecule has 0 aliphatic heterocycles. The van der Waals surface area contributed by atoms with E-state index in [9.17, 15) is 13.6 Å². The molecule has 1 rings (SSSR count). The minimum absolute atomic E-state index is 0.209. The van der Waals surface area contributed by atoms with Crippen molar-refractivity contribution in [2.24, 2.45) is 0 Å². The third-order valence-corrected chi connectivity index (χ3v) is 1.76. The summed E-state index contributed by atoms with van der Waals surface area (Å²) in [7, 11) is 0. The van der Waals surface area contributed by atoms with Gasteiger partial charge in [-0.2, -0.15) is 0 Å². The van der Waals surface area contributed by atoms with E-state index in [2.05, 4.69) is 10.3 Å². The first kappa shape index (κ1) is 12.3. The lowest BCUT2D eigenvalue weighted by atomic mass is 10.3. The maximum Gasteiger partial charge on any atom is 0.354 e. The first-order chi connectivity index (χ1) is 7.44. The van der Waals surface area contributed by atoms with Gasteiger partial charge < -0.3 is 15.5 Å². The molecule has 0 saturated heterocycles. The Labute approximate surface area is 89.7 Å². The maximum atomic E-state index is 12.7. The van der Waals surface area contributed by atoms with Gasteiger partial charge in [0.1, 0.15) is 12.3 Å². The van der Waals surface area contributed by atoms with Crippen LogP contribution < -0.4 is 5.32 Å². The summed E-state index contributed by atoms with van der Waals surface area (Å²) in [6, 6.07) is 2.50. The first-order valence-electron chi connectivity index (χ1n) is 4.36. The highest BCUT2D eigenvalue weighted by atomic mass is 19.3. The molecule has 16 heavy (non-hydrogen) atoms. The van der Waals surface area contributed by atoms with Gasteiger partial charge in [0.2, 0.25) is 0 Å². The quantitative estimate of drug-likeness (QED) is 0.700. The minimum Gasteiger partial charge on any atom is -0.477 e. The fraction of sp³-hybridized carbons (Fsp3) is 0.333. The molecule has 0 aliphatic rings. The Morgan fingerprint density at radius 2 is 2.25 bits per heavy atom. The summed E-state index contributed by atoms with van der Waals surface area (Å²) < 4.78 is 25.3. The van der Waals surface area contributed by atoms with Crippen molar-refractivity contribution in [2.45, 2.75) is 5.92 Å². The number of aliphatic hydroxyl groups is 1. The number of hydrogen-bond donors (Lipinski definition) is 3. The van der Waals surface area contributed by atoms with E-state index >= 15 is 0 Å². The topological polar surface area (TPSA) is 82.5 Å². The molecule has 7 heteroatoms. The number of aromatic nitrogens is 1. The molecule has 0 aromatic carbocycles. The average Bonchev–Trinajstić information content (AvgIpc) is 2.27. The standard InChI is InChI=1S/C9H10F2N2O3/c10-9(11,5-14)4-13-6-1-2-12-7(3-6)8(15)16/h1-3,14H,4-5H2,(H,12,13)(H,15,16). The lowest BCUT2D eigenvalue weighted by molar-refractivity contribution is -0.0372. The minimum atomic E-state index is -3.24. The van der Waals surface area contributed by atoms with Gasteiger partial charge in [-0.25, -0.2) is 18.6 Å². The Kier molecular flexibility index (Phi) is 3.73. The van der Waals surface area contributed by atoms with Gasteiger partial charge in [0.15, 0.2) is 0 Å². The number of hydrogen-bond acceptors (Lipinski definition) is 4. The Bertz CT molecular complexity index is 385. The number of carboxylic acid groups (broad SMARTS) is 1. The molecular weight excluding hydrogens is 222 g/mol. The molecule has 0 spiro atoms. The smallest absolute Gasteiger partial charge is 0.354 e. The zero-order chi connectivity index (χ0) is 12.2. The number of aliphatic hydroxyl groups excluding tert-OH is 1. The summed E-state index contributed by atoms with van der Waals surface area (Å²) in [6.07, 6.45) is 1.20. The maximum absolute atomic E-state index is 12.7. The second-order valence-corrected chi connectivity index (χ2v) is 3.10. The fourth-order valence-corrected chi connectivity index (χ4v) is 0.945. The third kappa shape index (κ3) is 3.43. The Hall–Kier alpha value is -1.76. The van der Waals surface area contributed by atoms with Crippen LogP contribution in [0.3, 0.4) is 0 Å². The van der Waals surface area contributed by atoms with E-state index in [1.54, 1.807) is 0 Å². The van der Waals surface area contributed by atoms with Crippen LogP contribution >= 0.6 is 0 Å². The van der Waals surface area contributed by atoms with E-state index in [1.165, 1.54) is 12.3 Å². The number of anilines is 1. The SMILES string of the molecule is O=C(O)c1cc(NCC(F)(F)CO)ccn1. The van der Waals surface area contributed by atoms with Gasteiger partial charge in [-0.3, -0.25) is 0 Å². The van der Waals surface area contributed by atoms with Crippen molar-refractivity contribution in [3.8, 4) is 0 Å². The first-order valence-corrected chi connectivity index (χ1v) is 4.36. The molecule has 0 unspecified atom stereocenters. The summed E-state index contributed by atoms with van der Waals surface area (Å²) in [5.74, 6) is -4.48. The molecule has 0 saturated carbocycles. The summed E-state index contributed by atoms with van der Waals surface area (Å²) in [5.41, 5.74) is -0.0298. The van der Waals surface area contributed by atoms with Crippen molar-refractivity contribution in [3.05, 3.63) is 24.0 Å². The van der Waals surface area contributed by atoms with E-state index in [-0.39, 0.29) is 11.4 Å². The van der Waals surface area contributed by atoms with Gasteiger partial charge in [0, 0.05) is 11.9 Å². The number of halogens is 2. The number of aromatic carboxylic acids is 1. The molecule has 0 amide bonds. The molecule has 88 valence electrons. The number of carboxylic acids is 1. The number of nitrogens with one attached hydrogen (secondary N) is 1. The number of rotatable bonds is 5. The summed E-state index contributed by atoms with van der Waals surface area (Å²) in [4.78, 5) is 14.1. The molecule has 0 radical (unpaired) electrons. The lowest BCUT2D eigenvalue weighted by Crippen LogP contribution is -2.31. The fourth-order valence-electron chi connectivity index (χ4n) is 0.945. The molecule has 0 atom stereocenters. The van der Waals surface area contributed by atoms with Crippen molar-refractivity contribution in [1.29, 1.82) is 0 Å². The van der Waals surface area contributed by atoms with Crippen molar-refractivity contribution < 1.29 is 23.8 Å². The number of nitrogens with zero attached hydrogens (tertiary/aromatic N) is 1. The van der Waals surface area contributed by atoms with Gasteiger partial charge >= 0.3 is 5.97 Å². The van der Waals surface area contributed by atoms with Gasteiger partial charge in [-0.15, -0.1) is 0 Å². The molecular formula is C9H10F2N2O3. The van der Waals surface area contributed by atoms with Crippen molar-refractivity contribution in [1.82, 2.24) is 4.98 Å². The zero-order valence-electron chi connectivity index (χ0n) is 8.15. The van der Waals surface area contributed by atoms with Crippen LogP contribution in [-0.4, -0.2) is 40.2 Å². The van der Waals surface area contributed by atoms with Crippen LogP contribution in [-0.2, 0) is 0 Å². The van der Waals surface area contributed by atoms with Crippen LogP contribution in [0, 0.1) is 0 Å². The molecule has 1 aromatic heterocycles. The lowest BCUT2D eigenvalue weighted by Gasteiger charge is -2.14. The van der Waals surface area contributed by atoms with Crippen LogP contribution in [0.2, 0.25) is 0 Å².